The van der Waals surface area contributed by atoms with Crippen LogP contribution in [0, 0.1) is 6.92 Å². The van der Waals surface area contributed by atoms with Gasteiger partial charge >= 0.3 is 0 Å². The minimum Gasteiger partial charge on any atom is -0.330 e. The molecular formula is C14H15N3. The van der Waals surface area contributed by atoms with Crippen LogP contribution in [0.2, 0.25) is 0 Å². The summed E-state index contributed by atoms with van der Waals surface area (Å²) >= 11 is 0. The molecule has 0 unspecified atom stereocenters. The van der Waals surface area contributed by atoms with Crippen molar-refractivity contribution in [2.24, 2.45) is 5.73 Å². The molecule has 86 valence electrons. The fourth-order valence-corrected chi connectivity index (χ4v) is 2.19. The van der Waals surface area contributed by atoms with Gasteiger partial charge < -0.3 is 5.73 Å². The monoisotopic (exact) mass is 225 g/mol. The van der Waals surface area contributed by atoms with E-state index in [4.69, 9.17) is 5.73 Å². The standard InChI is InChI=1S/C14H15N3/c1-10-2-3-11-4-5-14-16-12(6-7-15)9-17(14)13(11)8-10/h2-5,8-9H,6-7,15H2,1H3. The zero-order chi connectivity index (χ0) is 11.8. The number of nitrogens with zero attached hydrogens (tertiary/aromatic N) is 2. The number of pyridine rings is 1. The van der Waals surface area contributed by atoms with Gasteiger partial charge in [-0.25, -0.2) is 4.98 Å². The summed E-state index contributed by atoms with van der Waals surface area (Å²) in [4.78, 5) is 4.57. The van der Waals surface area contributed by atoms with E-state index in [0.717, 1.165) is 17.8 Å². The minimum atomic E-state index is 0.640. The van der Waals surface area contributed by atoms with Crippen molar-refractivity contribution in [2.75, 3.05) is 6.54 Å². The number of hydrogen-bond acceptors (Lipinski definition) is 2. The van der Waals surface area contributed by atoms with Crippen molar-refractivity contribution in [3.05, 3.63) is 47.8 Å². The van der Waals surface area contributed by atoms with E-state index in [1.165, 1.54) is 16.5 Å². The number of rotatable bonds is 2. The van der Waals surface area contributed by atoms with Crippen LogP contribution >= 0.6 is 0 Å². The molecule has 0 fully saturated rings. The highest BCUT2D eigenvalue weighted by atomic mass is 15.0. The molecule has 2 heterocycles. The van der Waals surface area contributed by atoms with Crippen molar-refractivity contribution in [2.45, 2.75) is 13.3 Å². The molecule has 0 aliphatic rings. The van der Waals surface area contributed by atoms with Gasteiger partial charge in [0.1, 0.15) is 5.65 Å². The molecule has 2 N–H and O–H groups in total. The zero-order valence-corrected chi connectivity index (χ0v) is 9.85. The molecule has 0 aliphatic heterocycles. The lowest BCUT2D eigenvalue weighted by Crippen LogP contribution is -2.02. The van der Waals surface area contributed by atoms with E-state index >= 15 is 0 Å². The maximum absolute atomic E-state index is 5.57. The number of hydrogen-bond donors (Lipinski definition) is 1. The van der Waals surface area contributed by atoms with Gasteiger partial charge in [0.25, 0.3) is 0 Å². The summed E-state index contributed by atoms with van der Waals surface area (Å²) in [6.45, 7) is 2.75. The van der Waals surface area contributed by atoms with Gasteiger partial charge in [0.05, 0.1) is 11.2 Å². The molecule has 0 aliphatic carbocycles. The molecule has 2 aromatic heterocycles. The lowest BCUT2D eigenvalue weighted by molar-refractivity contribution is 0.937. The summed E-state index contributed by atoms with van der Waals surface area (Å²) in [5.41, 5.74) is 10.1. The minimum absolute atomic E-state index is 0.640. The van der Waals surface area contributed by atoms with Gasteiger partial charge in [0, 0.05) is 12.6 Å². The average Bonchev–Trinajstić information content (AvgIpc) is 2.72. The molecule has 3 heteroatoms. The Labute approximate surface area is 99.9 Å². The second-order valence-electron chi connectivity index (χ2n) is 4.39. The van der Waals surface area contributed by atoms with E-state index in [0.29, 0.717) is 6.54 Å². The van der Waals surface area contributed by atoms with E-state index in [9.17, 15) is 0 Å². The van der Waals surface area contributed by atoms with Crippen LogP contribution in [0.3, 0.4) is 0 Å². The number of fused-ring (bicyclic) bond motifs is 3. The molecule has 1 aromatic carbocycles. The number of aromatic nitrogens is 2. The Balaban J connectivity index is 2.33. The maximum atomic E-state index is 5.57. The number of imidazole rings is 1. The van der Waals surface area contributed by atoms with Gasteiger partial charge in [-0.15, -0.1) is 0 Å². The van der Waals surface area contributed by atoms with Gasteiger partial charge in [-0.3, -0.25) is 4.40 Å². The molecular weight excluding hydrogens is 210 g/mol. The van der Waals surface area contributed by atoms with Crippen molar-refractivity contribution in [1.82, 2.24) is 9.38 Å². The molecule has 0 amide bonds. The Morgan fingerprint density at radius 2 is 2.06 bits per heavy atom. The molecule has 0 saturated carbocycles. The van der Waals surface area contributed by atoms with Crippen molar-refractivity contribution in [3.63, 3.8) is 0 Å². The summed E-state index contributed by atoms with van der Waals surface area (Å²) in [7, 11) is 0. The Morgan fingerprint density at radius 3 is 2.88 bits per heavy atom. The first-order valence-corrected chi connectivity index (χ1v) is 5.85. The highest BCUT2D eigenvalue weighted by molar-refractivity contribution is 5.82. The summed E-state index contributed by atoms with van der Waals surface area (Å²) < 4.78 is 2.15. The van der Waals surface area contributed by atoms with Gasteiger partial charge in [-0.1, -0.05) is 12.1 Å². The van der Waals surface area contributed by atoms with Crippen molar-refractivity contribution < 1.29 is 0 Å². The highest BCUT2D eigenvalue weighted by Gasteiger charge is 2.04. The van der Waals surface area contributed by atoms with Crippen molar-refractivity contribution in [3.8, 4) is 0 Å². The molecule has 0 bridgehead atoms. The van der Waals surface area contributed by atoms with Crippen LogP contribution in [-0.2, 0) is 6.42 Å². The van der Waals surface area contributed by atoms with Gasteiger partial charge in [-0.2, -0.15) is 0 Å². The van der Waals surface area contributed by atoms with Gasteiger partial charge in [-0.05, 0) is 42.6 Å². The normalized spacial score (nSPS) is 11.4. The third kappa shape index (κ3) is 1.68. The van der Waals surface area contributed by atoms with Crippen LogP contribution in [0.25, 0.3) is 16.6 Å². The quantitative estimate of drug-likeness (QED) is 0.727. The number of aryl methyl sites for hydroxylation is 1. The molecule has 3 rings (SSSR count). The SMILES string of the molecule is Cc1ccc2ccc3nc(CCN)cn3c2c1. The van der Waals surface area contributed by atoms with Crippen molar-refractivity contribution >= 4 is 16.6 Å². The first-order chi connectivity index (χ1) is 8.28. The fourth-order valence-electron chi connectivity index (χ4n) is 2.19. The van der Waals surface area contributed by atoms with Crippen LogP contribution < -0.4 is 5.73 Å². The Bertz CT molecular complexity index is 682. The Hall–Kier alpha value is -1.87. The predicted octanol–water partition coefficient (Wildman–Crippen LogP) is 2.30. The predicted molar refractivity (Wildman–Crippen MR) is 70.2 cm³/mol. The third-order valence-corrected chi connectivity index (χ3v) is 3.04. The van der Waals surface area contributed by atoms with Crippen LogP contribution in [0.4, 0.5) is 0 Å². The summed E-state index contributed by atoms with van der Waals surface area (Å²) in [6, 6.07) is 10.6. The summed E-state index contributed by atoms with van der Waals surface area (Å²) in [6.07, 6.45) is 2.92. The molecule has 0 saturated heterocycles. The lowest BCUT2D eigenvalue weighted by atomic mass is 10.1. The van der Waals surface area contributed by atoms with Crippen LogP contribution in [0.1, 0.15) is 11.3 Å². The van der Waals surface area contributed by atoms with E-state index in [1.54, 1.807) is 0 Å². The van der Waals surface area contributed by atoms with E-state index in [2.05, 4.69) is 52.8 Å². The first-order valence-electron chi connectivity index (χ1n) is 5.85. The lowest BCUT2D eigenvalue weighted by Gasteiger charge is -2.02. The highest BCUT2D eigenvalue weighted by Crippen LogP contribution is 2.19. The van der Waals surface area contributed by atoms with E-state index < -0.39 is 0 Å². The van der Waals surface area contributed by atoms with Crippen LogP contribution in [0.15, 0.2) is 36.5 Å². The molecule has 0 spiro atoms. The third-order valence-electron chi connectivity index (χ3n) is 3.04. The molecule has 0 radical (unpaired) electrons. The summed E-state index contributed by atoms with van der Waals surface area (Å²) in [5, 5.41) is 1.24. The van der Waals surface area contributed by atoms with Crippen LogP contribution in [-0.4, -0.2) is 15.9 Å². The second-order valence-corrected chi connectivity index (χ2v) is 4.39. The molecule has 3 nitrogen and oxygen atoms in total. The van der Waals surface area contributed by atoms with Crippen molar-refractivity contribution in [1.29, 1.82) is 0 Å². The number of nitrogens with two attached hydrogens (primary N) is 1. The van der Waals surface area contributed by atoms with Gasteiger partial charge in [0.15, 0.2) is 0 Å². The summed E-state index contributed by atoms with van der Waals surface area (Å²) in [5.74, 6) is 0. The topological polar surface area (TPSA) is 43.3 Å². The largest absolute Gasteiger partial charge is 0.330 e. The fraction of sp³-hybridized carbons (Fsp3) is 0.214. The smallest absolute Gasteiger partial charge is 0.137 e. The molecule has 0 atom stereocenters. The zero-order valence-electron chi connectivity index (χ0n) is 9.85. The average molecular weight is 225 g/mol. The van der Waals surface area contributed by atoms with E-state index in [1.807, 2.05) is 0 Å². The number of benzene rings is 1. The van der Waals surface area contributed by atoms with Gasteiger partial charge in [0.2, 0.25) is 0 Å². The molecule has 3 aromatic rings. The first kappa shape index (κ1) is 10.3. The van der Waals surface area contributed by atoms with E-state index in [-0.39, 0.29) is 0 Å². The van der Waals surface area contributed by atoms with Crippen LogP contribution in [0.5, 0.6) is 0 Å². The Kier molecular flexibility index (Phi) is 2.34. The second kappa shape index (κ2) is 3.86. The molecule has 17 heavy (non-hydrogen) atoms. The maximum Gasteiger partial charge on any atom is 0.137 e. The Morgan fingerprint density at radius 1 is 1.24 bits per heavy atom.